The number of aromatic nitrogens is 1. The molecule has 1 aliphatic rings. The maximum atomic E-state index is 11.7. The van der Waals surface area contributed by atoms with Crippen molar-refractivity contribution in [2.75, 3.05) is 4.90 Å². The molecular weight excluding hydrogens is 396 g/mol. The lowest BCUT2D eigenvalue weighted by Crippen LogP contribution is -2.28. The first-order valence-electron chi connectivity index (χ1n) is 8.09. The highest BCUT2D eigenvalue weighted by Crippen LogP contribution is 2.41. The topological polar surface area (TPSA) is 62.7 Å². The molecule has 0 bridgehead atoms. The number of fused-ring (bicyclic) bond motifs is 2. The summed E-state index contributed by atoms with van der Waals surface area (Å²) in [7, 11) is 0. The van der Waals surface area contributed by atoms with Gasteiger partial charge in [-0.25, -0.2) is 4.79 Å². The highest BCUT2D eigenvalue weighted by Gasteiger charge is 2.21. The van der Waals surface area contributed by atoms with E-state index in [4.69, 9.17) is 4.74 Å². The van der Waals surface area contributed by atoms with Crippen molar-refractivity contribution < 1.29 is 14.6 Å². The molecule has 26 heavy (non-hydrogen) atoms. The number of para-hydroxylation sites is 1. The summed E-state index contributed by atoms with van der Waals surface area (Å²) in [4.78, 5) is 16.9. The number of hydrogen-bond donors (Lipinski definition) is 1. The molecule has 2 heterocycles. The van der Waals surface area contributed by atoms with Gasteiger partial charge in [0.05, 0.1) is 22.9 Å². The first-order valence-corrected chi connectivity index (χ1v) is 8.88. The number of benzene rings is 2. The SMILES string of the molecule is O=C(O)N(Cc1ccc2c(c1)Cc1cccc(Br)c1O2)c1cccnc1. The van der Waals surface area contributed by atoms with Gasteiger partial charge in [0.1, 0.15) is 11.5 Å². The summed E-state index contributed by atoms with van der Waals surface area (Å²) in [6.07, 6.45) is 2.90. The maximum absolute atomic E-state index is 11.7. The molecule has 0 saturated heterocycles. The molecule has 1 N–H and O–H groups in total. The Morgan fingerprint density at radius 1 is 1.19 bits per heavy atom. The van der Waals surface area contributed by atoms with Crippen molar-refractivity contribution in [3.63, 3.8) is 0 Å². The lowest BCUT2D eigenvalue weighted by Gasteiger charge is -2.23. The van der Waals surface area contributed by atoms with Gasteiger partial charge in [-0.2, -0.15) is 0 Å². The molecule has 6 heteroatoms. The van der Waals surface area contributed by atoms with Crippen molar-refractivity contribution >= 4 is 27.7 Å². The predicted molar refractivity (Wildman–Crippen MR) is 102 cm³/mol. The summed E-state index contributed by atoms with van der Waals surface area (Å²) in [6, 6.07) is 15.2. The van der Waals surface area contributed by atoms with Crippen LogP contribution in [0, 0.1) is 0 Å². The molecule has 0 aliphatic carbocycles. The van der Waals surface area contributed by atoms with Crippen molar-refractivity contribution in [3.8, 4) is 11.5 Å². The minimum Gasteiger partial charge on any atom is -0.465 e. The Morgan fingerprint density at radius 3 is 2.85 bits per heavy atom. The van der Waals surface area contributed by atoms with Crippen LogP contribution in [0.1, 0.15) is 16.7 Å². The number of ether oxygens (including phenoxy) is 1. The Hall–Kier alpha value is -2.86. The molecule has 4 rings (SSSR count). The van der Waals surface area contributed by atoms with Gasteiger partial charge in [-0.1, -0.05) is 18.2 Å². The Labute approximate surface area is 159 Å². The Bertz CT molecular complexity index is 976. The molecule has 2 aromatic carbocycles. The second kappa shape index (κ2) is 6.80. The van der Waals surface area contributed by atoms with Gasteiger partial charge in [0.2, 0.25) is 0 Å². The fourth-order valence-electron chi connectivity index (χ4n) is 3.06. The van der Waals surface area contributed by atoms with Gasteiger partial charge in [0.25, 0.3) is 0 Å². The molecule has 0 radical (unpaired) electrons. The number of hydrogen-bond acceptors (Lipinski definition) is 3. The van der Waals surface area contributed by atoms with Crippen LogP contribution < -0.4 is 9.64 Å². The van der Waals surface area contributed by atoms with Crippen molar-refractivity contribution in [3.05, 3.63) is 82.1 Å². The number of carboxylic acid groups (broad SMARTS) is 1. The number of amides is 1. The predicted octanol–water partition coefficient (Wildman–Crippen LogP) is 5.23. The molecule has 0 fully saturated rings. The second-order valence-electron chi connectivity index (χ2n) is 6.03. The average molecular weight is 411 g/mol. The van der Waals surface area contributed by atoms with Crippen LogP contribution in [0.2, 0.25) is 0 Å². The molecule has 1 amide bonds. The standard InChI is InChI=1S/C20H15BrN2O3/c21-17-5-1-3-14-10-15-9-13(6-7-18(15)26-19(14)17)12-23(20(24)25)16-4-2-8-22-11-16/h1-9,11H,10,12H2,(H,24,25). The van der Waals surface area contributed by atoms with Crippen LogP contribution >= 0.6 is 15.9 Å². The second-order valence-corrected chi connectivity index (χ2v) is 6.88. The third kappa shape index (κ3) is 3.15. The summed E-state index contributed by atoms with van der Waals surface area (Å²) < 4.78 is 6.94. The largest absolute Gasteiger partial charge is 0.465 e. The third-order valence-electron chi connectivity index (χ3n) is 4.30. The number of rotatable bonds is 3. The van der Waals surface area contributed by atoms with Gasteiger partial charge in [0.15, 0.2) is 0 Å². The Kier molecular flexibility index (Phi) is 4.34. The van der Waals surface area contributed by atoms with Crippen LogP contribution in [0.25, 0.3) is 0 Å². The van der Waals surface area contributed by atoms with E-state index in [9.17, 15) is 9.90 Å². The average Bonchev–Trinajstić information content (AvgIpc) is 2.65. The lowest BCUT2D eigenvalue weighted by atomic mass is 9.98. The molecule has 1 aliphatic heterocycles. The first-order chi connectivity index (χ1) is 12.6. The molecule has 0 spiro atoms. The molecule has 3 aromatic rings. The molecule has 0 unspecified atom stereocenters. The van der Waals surface area contributed by atoms with Gasteiger partial charge in [-0.05, 0) is 57.4 Å². The Balaban J connectivity index is 1.62. The summed E-state index contributed by atoms with van der Waals surface area (Å²) in [6.45, 7) is 0.250. The van der Waals surface area contributed by atoms with Gasteiger partial charge < -0.3 is 9.84 Å². The minimum absolute atomic E-state index is 0.250. The van der Waals surface area contributed by atoms with Crippen molar-refractivity contribution in [1.82, 2.24) is 4.98 Å². The summed E-state index contributed by atoms with van der Waals surface area (Å²) in [5.74, 6) is 1.65. The summed E-state index contributed by atoms with van der Waals surface area (Å²) >= 11 is 3.52. The summed E-state index contributed by atoms with van der Waals surface area (Å²) in [5.41, 5.74) is 3.59. The number of halogens is 1. The van der Waals surface area contributed by atoms with E-state index in [1.165, 1.54) is 4.90 Å². The molecule has 1 aromatic heterocycles. The van der Waals surface area contributed by atoms with E-state index in [0.717, 1.165) is 39.1 Å². The third-order valence-corrected chi connectivity index (χ3v) is 4.92. The summed E-state index contributed by atoms with van der Waals surface area (Å²) in [5, 5.41) is 9.56. The quantitative estimate of drug-likeness (QED) is 0.502. The molecule has 130 valence electrons. The first kappa shape index (κ1) is 16.6. The van der Waals surface area contributed by atoms with Crippen LogP contribution in [-0.2, 0) is 13.0 Å². The number of anilines is 1. The zero-order chi connectivity index (χ0) is 18.1. The fourth-order valence-corrected chi connectivity index (χ4v) is 3.54. The van der Waals surface area contributed by atoms with Gasteiger partial charge in [-0.3, -0.25) is 9.88 Å². The van der Waals surface area contributed by atoms with E-state index < -0.39 is 6.09 Å². The van der Waals surface area contributed by atoms with E-state index in [2.05, 4.69) is 20.9 Å². The van der Waals surface area contributed by atoms with Crippen LogP contribution in [0.4, 0.5) is 10.5 Å². The van der Waals surface area contributed by atoms with Gasteiger partial charge in [0, 0.05) is 18.2 Å². The van der Waals surface area contributed by atoms with Crippen molar-refractivity contribution in [2.24, 2.45) is 0 Å². The van der Waals surface area contributed by atoms with E-state index in [1.54, 1.807) is 24.5 Å². The van der Waals surface area contributed by atoms with Crippen LogP contribution in [0.5, 0.6) is 11.5 Å². The monoisotopic (exact) mass is 410 g/mol. The van der Waals surface area contributed by atoms with E-state index in [0.29, 0.717) is 5.69 Å². The number of nitrogens with zero attached hydrogens (tertiary/aromatic N) is 2. The fraction of sp³-hybridized carbons (Fsp3) is 0.100. The van der Waals surface area contributed by atoms with Crippen LogP contribution in [-0.4, -0.2) is 16.2 Å². The number of carbonyl (C=O) groups is 1. The zero-order valence-electron chi connectivity index (χ0n) is 13.7. The van der Waals surface area contributed by atoms with Crippen molar-refractivity contribution in [2.45, 2.75) is 13.0 Å². The van der Waals surface area contributed by atoms with Crippen molar-refractivity contribution in [1.29, 1.82) is 0 Å². The molecular formula is C20H15BrN2O3. The van der Waals surface area contributed by atoms with Crippen LogP contribution in [0.15, 0.2) is 65.4 Å². The van der Waals surface area contributed by atoms with Gasteiger partial charge in [-0.15, -0.1) is 0 Å². The van der Waals surface area contributed by atoms with E-state index in [-0.39, 0.29) is 6.54 Å². The van der Waals surface area contributed by atoms with E-state index >= 15 is 0 Å². The minimum atomic E-state index is -1.01. The smallest absolute Gasteiger partial charge is 0.412 e. The zero-order valence-corrected chi connectivity index (χ0v) is 15.3. The number of pyridine rings is 1. The highest BCUT2D eigenvalue weighted by atomic mass is 79.9. The highest BCUT2D eigenvalue weighted by molar-refractivity contribution is 9.10. The Morgan fingerprint density at radius 2 is 2.08 bits per heavy atom. The molecule has 0 saturated carbocycles. The molecule has 5 nitrogen and oxygen atoms in total. The normalized spacial score (nSPS) is 11.9. The maximum Gasteiger partial charge on any atom is 0.412 e. The lowest BCUT2D eigenvalue weighted by molar-refractivity contribution is 0.201. The van der Waals surface area contributed by atoms with E-state index in [1.807, 2.05) is 36.4 Å². The van der Waals surface area contributed by atoms with Gasteiger partial charge >= 0.3 is 6.09 Å². The van der Waals surface area contributed by atoms with Crippen LogP contribution in [0.3, 0.4) is 0 Å². The molecule has 0 atom stereocenters.